The van der Waals surface area contributed by atoms with Crippen LogP contribution in [0, 0.1) is 11.3 Å². The van der Waals surface area contributed by atoms with Crippen LogP contribution in [0.25, 0.3) is 0 Å². The lowest BCUT2D eigenvalue weighted by atomic mass is 9.93. The van der Waals surface area contributed by atoms with Crippen molar-refractivity contribution >= 4 is 11.8 Å². The van der Waals surface area contributed by atoms with Crippen molar-refractivity contribution in [1.82, 2.24) is 14.7 Å². The van der Waals surface area contributed by atoms with Crippen molar-refractivity contribution in [3.63, 3.8) is 0 Å². The maximum atomic E-state index is 13.7. The van der Waals surface area contributed by atoms with Gasteiger partial charge >= 0.3 is 0 Å². The molecule has 3 aliphatic heterocycles. The van der Waals surface area contributed by atoms with Gasteiger partial charge in [0.15, 0.2) is 11.5 Å². The number of fused-ring (bicyclic) bond motifs is 1. The second-order valence-corrected chi connectivity index (χ2v) is 13.0. The molecule has 3 heterocycles. The minimum Gasteiger partial charge on any atom is -0.454 e. The van der Waals surface area contributed by atoms with Gasteiger partial charge in [0.1, 0.15) is 0 Å². The highest BCUT2D eigenvalue weighted by Gasteiger charge is 2.38. The van der Waals surface area contributed by atoms with E-state index in [0.717, 1.165) is 76.3 Å². The molecule has 2 amide bonds. The number of carbonyl (C=O) groups is 2. The minimum absolute atomic E-state index is 0.0481. The summed E-state index contributed by atoms with van der Waals surface area (Å²) in [6.45, 7) is 15.9. The van der Waals surface area contributed by atoms with Crippen molar-refractivity contribution in [2.24, 2.45) is 11.3 Å². The van der Waals surface area contributed by atoms with Crippen molar-refractivity contribution in [2.45, 2.75) is 97.9 Å². The smallest absolute Gasteiger partial charge is 0.236 e. The minimum atomic E-state index is 0.0481. The van der Waals surface area contributed by atoms with Crippen molar-refractivity contribution in [1.29, 1.82) is 0 Å². The standard InChI is InChI=1S/C32H51N3O4/c1-6-8-14-33(15-9-10-24(3)7-2)31(37)21-35-20-26(25-11-12-28-29(18-25)39-23-38-28)17-27(35)13-16-34-22-32(4,5)19-30(34)36/h11-12,18,24,26-27H,6-10,13-17,19-23H2,1-5H3/t24?,26-,27+/m1/s1. The Morgan fingerprint density at radius 2 is 1.92 bits per heavy atom. The van der Waals surface area contributed by atoms with Gasteiger partial charge in [-0.15, -0.1) is 0 Å². The van der Waals surface area contributed by atoms with Gasteiger partial charge in [-0.05, 0) is 67.1 Å². The van der Waals surface area contributed by atoms with Crippen LogP contribution in [-0.4, -0.2) is 78.6 Å². The fourth-order valence-electron chi connectivity index (χ4n) is 6.40. The second-order valence-electron chi connectivity index (χ2n) is 13.0. The van der Waals surface area contributed by atoms with E-state index in [4.69, 9.17) is 9.47 Å². The van der Waals surface area contributed by atoms with E-state index in [2.05, 4.69) is 56.6 Å². The average molecular weight is 542 g/mol. The second kappa shape index (κ2) is 13.4. The summed E-state index contributed by atoms with van der Waals surface area (Å²) in [5.41, 5.74) is 1.29. The average Bonchev–Trinajstić information content (AvgIpc) is 3.60. The van der Waals surface area contributed by atoms with Crippen LogP contribution in [0.1, 0.15) is 97.5 Å². The molecule has 0 N–H and O–H groups in total. The van der Waals surface area contributed by atoms with Gasteiger partial charge in [0.2, 0.25) is 18.6 Å². The summed E-state index contributed by atoms with van der Waals surface area (Å²) >= 11 is 0. The predicted octanol–water partition coefficient (Wildman–Crippen LogP) is 5.68. The highest BCUT2D eigenvalue weighted by atomic mass is 16.7. The molecule has 0 aliphatic carbocycles. The quantitative estimate of drug-likeness (QED) is 0.303. The van der Waals surface area contributed by atoms with E-state index in [1.54, 1.807) is 0 Å². The molecule has 2 fully saturated rings. The number of amides is 2. The van der Waals surface area contributed by atoms with E-state index < -0.39 is 0 Å². The van der Waals surface area contributed by atoms with Gasteiger partial charge in [-0.25, -0.2) is 0 Å². The summed E-state index contributed by atoms with van der Waals surface area (Å²) in [5, 5.41) is 0. The van der Waals surface area contributed by atoms with Crippen molar-refractivity contribution < 1.29 is 19.1 Å². The third kappa shape index (κ3) is 7.90. The van der Waals surface area contributed by atoms with Gasteiger partial charge in [-0.1, -0.05) is 53.5 Å². The van der Waals surface area contributed by atoms with E-state index in [0.29, 0.717) is 24.8 Å². The van der Waals surface area contributed by atoms with Crippen LogP contribution in [-0.2, 0) is 9.59 Å². The molecule has 4 rings (SSSR count). The van der Waals surface area contributed by atoms with Crippen molar-refractivity contribution in [2.75, 3.05) is 46.1 Å². The summed E-state index contributed by atoms with van der Waals surface area (Å²) in [6, 6.07) is 6.55. The molecule has 1 unspecified atom stereocenters. The largest absolute Gasteiger partial charge is 0.454 e. The maximum Gasteiger partial charge on any atom is 0.236 e. The van der Waals surface area contributed by atoms with Crippen molar-refractivity contribution in [3.8, 4) is 11.5 Å². The Balaban J connectivity index is 1.43. The first kappa shape index (κ1) is 29.7. The third-order valence-corrected chi connectivity index (χ3v) is 9.02. The van der Waals surface area contributed by atoms with Gasteiger partial charge in [-0.2, -0.15) is 0 Å². The van der Waals surface area contributed by atoms with Gasteiger partial charge < -0.3 is 19.3 Å². The Bertz CT molecular complexity index is 980. The number of nitrogens with zero attached hydrogens (tertiary/aromatic N) is 3. The molecule has 0 bridgehead atoms. The van der Waals surface area contributed by atoms with E-state index in [1.165, 1.54) is 18.4 Å². The third-order valence-electron chi connectivity index (χ3n) is 9.02. The first-order valence-electron chi connectivity index (χ1n) is 15.4. The zero-order valence-electron chi connectivity index (χ0n) is 25.0. The van der Waals surface area contributed by atoms with E-state index in [9.17, 15) is 9.59 Å². The van der Waals surface area contributed by atoms with Crippen LogP contribution < -0.4 is 9.47 Å². The lowest BCUT2D eigenvalue weighted by molar-refractivity contribution is -0.133. The Kier molecular flexibility index (Phi) is 10.2. The van der Waals surface area contributed by atoms with Gasteiger partial charge in [-0.3, -0.25) is 14.5 Å². The zero-order valence-corrected chi connectivity index (χ0v) is 25.0. The zero-order chi connectivity index (χ0) is 28.0. The molecule has 7 nitrogen and oxygen atoms in total. The number of hydrogen-bond acceptors (Lipinski definition) is 5. The molecule has 39 heavy (non-hydrogen) atoms. The molecule has 7 heteroatoms. The van der Waals surface area contributed by atoms with Crippen LogP contribution in [0.2, 0.25) is 0 Å². The Hall–Kier alpha value is -2.28. The first-order chi connectivity index (χ1) is 18.7. The van der Waals surface area contributed by atoms with E-state index >= 15 is 0 Å². The normalized spacial score (nSPS) is 23.0. The number of benzene rings is 1. The fraction of sp³-hybridized carbons (Fsp3) is 0.750. The molecular weight excluding hydrogens is 490 g/mol. The summed E-state index contributed by atoms with van der Waals surface area (Å²) in [4.78, 5) is 32.9. The van der Waals surface area contributed by atoms with Gasteiger partial charge in [0, 0.05) is 45.2 Å². The Labute approximate surface area is 236 Å². The SMILES string of the molecule is CCCCN(CCCC(C)CC)C(=O)CN1C[C@H](c2ccc3c(c2)OCO3)C[C@@H]1CCN1CC(C)(C)CC1=O. The monoisotopic (exact) mass is 541 g/mol. The molecule has 0 saturated carbocycles. The maximum absolute atomic E-state index is 13.7. The summed E-state index contributed by atoms with van der Waals surface area (Å²) in [7, 11) is 0. The van der Waals surface area contributed by atoms with Crippen molar-refractivity contribution in [3.05, 3.63) is 23.8 Å². The summed E-state index contributed by atoms with van der Waals surface area (Å²) in [6.07, 6.45) is 8.09. The molecule has 1 aromatic carbocycles. The number of unbranched alkanes of at least 4 members (excludes halogenated alkanes) is 1. The predicted molar refractivity (Wildman–Crippen MR) is 155 cm³/mol. The number of hydrogen-bond donors (Lipinski definition) is 0. The molecule has 1 aromatic rings. The topological polar surface area (TPSA) is 62.3 Å². The summed E-state index contributed by atoms with van der Waals surface area (Å²) < 4.78 is 11.2. The lowest BCUT2D eigenvalue weighted by Gasteiger charge is -2.30. The van der Waals surface area contributed by atoms with E-state index in [1.807, 2.05) is 11.0 Å². The van der Waals surface area contributed by atoms with Crippen LogP contribution in [0.4, 0.5) is 0 Å². The first-order valence-corrected chi connectivity index (χ1v) is 15.4. The molecule has 0 radical (unpaired) electrons. The van der Waals surface area contributed by atoms with Gasteiger partial charge in [0.25, 0.3) is 0 Å². The summed E-state index contributed by atoms with van der Waals surface area (Å²) in [5.74, 6) is 3.17. The number of carbonyl (C=O) groups excluding carboxylic acids is 2. The number of ether oxygens (including phenoxy) is 2. The lowest BCUT2D eigenvalue weighted by Crippen LogP contribution is -2.44. The van der Waals surface area contributed by atoms with E-state index in [-0.39, 0.29) is 30.1 Å². The number of likely N-dealkylation sites (tertiary alicyclic amines) is 2. The number of rotatable bonds is 14. The van der Waals surface area contributed by atoms with Crippen LogP contribution in [0.3, 0.4) is 0 Å². The fourth-order valence-corrected chi connectivity index (χ4v) is 6.40. The molecule has 3 atom stereocenters. The van der Waals surface area contributed by atoms with Crippen LogP contribution in [0.5, 0.6) is 11.5 Å². The molecule has 0 aromatic heterocycles. The molecule has 3 aliphatic rings. The Morgan fingerprint density at radius 3 is 2.64 bits per heavy atom. The Morgan fingerprint density at radius 1 is 1.15 bits per heavy atom. The molecule has 0 spiro atoms. The highest BCUT2D eigenvalue weighted by molar-refractivity contribution is 5.79. The molecule has 2 saturated heterocycles. The highest BCUT2D eigenvalue weighted by Crippen LogP contribution is 2.39. The van der Waals surface area contributed by atoms with Crippen LogP contribution >= 0.6 is 0 Å². The van der Waals surface area contributed by atoms with Gasteiger partial charge in [0.05, 0.1) is 6.54 Å². The molecular formula is C32H51N3O4. The molecule has 218 valence electrons. The van der Waals surface area contributed by atoms with Crippen LogP contribution in [0.15, 0.2) is 18.2 Å².